The second kappa shape index (κ2) is 8.86. The average Bonchev–Trinajstić information content (AvgIpc) is 2.49. The van der Waals surface area contributed by atoms with Gasteiger partial charge >= 0.3 is 12.1 Å². The van der Waals surface area contributed by atoms with Gasteiger partial charge in [0.2, 0.25) is 0 Å². The van der Waals surface area contributed by atoms with Gasteiger partial charge < -0.3 is 14.2 Å². The lowest BCUT2D eigenvalue weighted by Crippen LogP contribution is -2.36. The molecule has 0 saturated heterocycles. The molecule has 1 rings (SSSR count). The van der Waals surface area contributed by atoms with Crippen molar-refractivity contribution >= 4 is 5.97 Å². The van der Waals surface area contributed by atoms with Crippen molar-refractivity contribution in [2.45, 2.75) is 51.5 Å². The Bertz CT molecular complexity index is 706. The molecule has 1 unspecified atom stereocenters. The Morgan fingerprint density at radius 3 is 2.30 bits per heavy atom. The van der Waals surface area contributed by atoms with E-state index in [1.54, 1.807) is 25.9 Å². The van der Waals surface area contributed by atoms with E-state index >= 15 is 0 Å². The zero-order valence-corrected chi connectivity index (χ0v) is 16.2. The van der Waals surface area contributed by atoms with Crippen molar-refractivity contribution < 1.29 is 27.1 Å². The van der Waals surface area contributed by atoms with Gasteiger partial charge in [0.15, 0.2) is 0 Å². The molecular weight excluding hydrogens is 368 g/mol. The van der Waals surface area contributed by atoms with Crippen LogP contribution in [0.5, 0.6) is 0 Å². The van der Waals surface area contributed by atoms with E-state index in [-0.39, 0.29) is 18.6 Å². The topological polar surface area (TPSA) is 51.5 Å². The minimum absolute atomic E-state index is 0.00488. The number of halogens is 4. The molecule has 0 aliphatic carbocycles. The van der Waals surface area contributed by atoms with Gasteiger partial charge in [-0.3, -0.25) is 4.79 Å². The Morgan fingerprint density at radius 1 is 1.26 bits per heavy atom. The Balaban J connectivity index is 3.51. The second-order valence-electron chi connectivity index (χ2n) is 7.20. The molecule has 0 spiro atoms. The summed E-state index contributed by atoms with van der Waals surface area (Å²) < 4.78 is 59.9. The van der Waals surface area contributed by atoms with Crippen molar-refractivity contribution in [2.75, 3.05) is 27.2 Å². The number of aromatic nitrogens is 1. The van der Waals surface area contributed by atoms with Crippen molar-refractivity contribution in [3.05, 3.63) is 33.7 Å². The highest BCUT2D eigenvalue weighted by atomic mass is 19.4. The zero-order chi connectivity index (χ0) is 21.0. The van der Waals surface area contributed by atoms with Crippen LogP contribution in [0.15, 0.2) is 17.1 Å². The number of ether oxygens (including phenoxy) is 1. The van der Waals surface area contributed by atoms with E-state index in [4.69, 9.17) is 4.74 Å². The first-order valence-electron chi connectivity index (χ1n) is 8.58. The van der Waals surface area contributed by atoms with E-state index in [9.17, 15) is 27.2 Å². The summed E-state index contributed by atoms with van der Waals surface area (Å²) in [5.74, 6) is -0.858. The summed E-state index contributed by atoms with van der Waals surface area (Å²) in [5, 5.41) is 0. The minimum Gasteiger partial charge on any atom is -0.464 e. The van der Waals surface area contributed by atoms with Crippen LogP contribution in [-0.2, 0) is 22.1 Å². The average molecular weight is 394 g/mol. The third kappa shape index (κ3) is 6.97. The molecule has 0 radical (unpaired) electrons. The number of likely N-dealkylation sites (N-methyl/N-ethyl adjacent to an activating group) is 1. The number of rotatable bonds is 8. The highest BCUT2D eigenvalue weighted by molar-refractivity contribution is 5.74. The summed E-state index contributed by atoms with van der Waals surface area (Å²) in [5.41, 5.74) is -4.05. The number of nitrogens with zero attached hydrogens (tertiary/aromatic N) is 2. The van der Waals surface area contributed by atoms with Crippen LogP contribution >= 0.6 is 0 Å². The Labute approximate surface area is 155 Å². The molecule has 5 nitrogen and oxygen atoms in total. The number of carbonyl (C=O) groups excluding carboxylic acids is 1. The minimum atomic E-state index is -4.71. The Kier molecular flexibility index (Phi) is 7.59. The summed E-state index contributed by atoms with van der Waals surface area (Å²) in [6, 6.07) is -0.888. The summed E-state index contributed by atoms with van der Waals surface area (Å²) in [4.78, 5) is 26.3. The van der Waals surface area contributed by atoms with Crippen LogP contribution in [0.25, 0.3) is 0 Å². The number of esters is 1. The van der Waals surface area contributed by atoms with E-state index in [2.05, 4.69) is 0 Å². The van der Waals surface area contributed by atoms with Crippen molar-refractivity contribution in [3.63, 3.8) is 0 Å². The van der Waals surface area contributed by atoms with Gasteiger partial charge in [0.1, 0.15) is 11.7 Å². The molecule has 0 fully saturated rings. The highest BCUT2D eigenvalue weighted by Gasteiger charge is 2.36. The van der Waals surface area contributed by atoms with Gasteiger partial charge in [-0.1, -0.05) is 0 Å². The maximum absolute atomic E-state index is 14.2. The molecule has 27 heavy (non-hydrogen) atoms. The molecule has 154 valence electrons. The number of pyridine rings is 1. The van der Waals surface area contributed by atoms with Crippen LogP contribution < -0.4 is 5.56 Å². The molecule has 0 amide bonds. The van der Waals surface area contributed by atoms with Gasteiger partial charge in [0, 0.05) is 25.2 Å². The largest absolute Gasteiger partial charge is 0.464 e. The monoisotopic (exact) mass is 394 g/mol. The molecule has 0 aliphatic heterocycles. The molecule has 0 saturated carbocycles. The van der Waals surface area contributed by atoms with E-state index in [0.29, 0.717) is 12.6 Å². The van der Waals surface area contributed by atoms with Crippen molar-refractivity contribution in [1.29, 1.82) is 0 Å². The summed E-state index contributed by atoms with van der Waals surface area (Å²) in [7, 11) is 3.41. The molecule has 1 aromatic rings. The number of carbonyl (C=O) groups is 1. The van der Waals surface area contributed by atoms with Crippen molar-refractivity contribution in [1.82, 2.24) is 9.47 Å². The van der Waals surface area contributed by atoms with Crippen LogP contribution in [0.1, 0.15) is 44.4 Å². The first-order chi connectivity index (χ1) is 12.3. The predicted octanol–water partition coefficient (Wildman–Crippen LogP) is 3.21. The van der Waals surface area contributed by atoms with Gasteiger partial charge in [-0.25, -0.2) is 9.18 Å². The smallest absolute Gasteiger partial charge is 0.416 e. The van der Waals surface area contributed by atoms with E-state index < -0.39 is 41.4 Å². The summed E-state index contributed by atoms with van der Waals surface area (Å²) in [6.45, 7) is 4.31. The number of hydrogen-bond acceptors (Lipinski definition) is 4. The van der Waals surface area contributed by atoms with Crippen LogP contribution in [-0.4, -0.2) is 48.4 Å². The molecule has 0 aliphatic rings. The summed E-state index contributed by atoms with van der Waals surface area (Å²) >= 11 is 0. The molecule has 0 bridgehead atoms. The fourth-order valence-electron chi connectivity index (χ4n) is 2.64. The summed E-state index contributed by atoms with van der Waals surface area (Å²) in [6.07, 6.45) is -4.10. The van der Waals surface area contributed by atoms with Crippen LogP contribution in [0, 0.1) is 0 Å². The van der Waals surface area contributed by atoms with Gasteiger partial charge in [-0.15, -0.1) is 0 Å². The van der Waals surface area contributed by atoms with Gasteiger partial charge in [0.25, 0.3) is 5.56 Å². The first kappa shape index (κ1) is 23.1. The van der Waals surface area contributed by atoms with Crippen LogP contribution in [0.4, 0.5) is 17.6 Å². The maximum Gasteiger partial charge on any atom is 0.416 e. The maximum atomic E-state index is 14.2. The molecule has 1 aromatic heterocycles. The van der Waals surface area contributed by atoms with Gasteiger partial charge in [-0.05, 0) is 46.9 Å². The molecule has 0 aromatic carbocycles. The second-order valence-corrected chi connectivity index (χ2v) is 7.20. The third-order valence-electron chi connectivity index (χ3n) is 3.87. The quantitative estimate of drug-likeness (QED) is 0.502. The van der Waals surface area contributed by atoms with Crippen LogP contribution in [0.3, 0.4) is 0 Å². The predicted molar refractivity (Wildman–Crippen MR) is 93.4 cm³/mol. The van der Waals surface area contributed by atoms with E-state index in [0.717, 1.165) is 10.8 Å². The molecular formula is C18H26F4N2O3. The zero-order valence-electron chi connectivity index (χ0n) is 16.2. The fourth-order valence-corrected chi connectivity index (χ4v) is 2.64. The third-order valence-corrected chi connectivity index (χ3v) is 3.87. The lowest BCUT2D eigenvalue weighted by Gasteiger charge is -2.25. The number of alkyl halides is 4. The van der Waals surface area contributed by atoms with E-state index in [1.165, 1.54) is 13.8 Å². The number of hydrogen-bond donors (Lipinski definition) is 0. The highest BCUT2D eigenvalue weighted by Crippen LogP contribution is 2.32. The van der Waals surface area contributed by atoms with Crippen LogP contribution in [0.2, 0.25) is 0 Å². The molecule has 1 heterocycles. The first-order valence-corrected chi connectivity index (χ1v) is 8.58. The molecule has 0 N–H and O–H groups in total. The van der Waals surface area contributed by atoms with Crippen molar-refractivity contribution in [2.24, 2.45) is 0 Å². The Hall–Kier alpha value is -1.90. The Morgan fingerprint density at radius 2 is 1.85 bits per heavy atom. The van der Waals surface area contributed by atoms with E-state index in [1.807, 2.05) is 0 Å². The SMILES string of the molecule is CCOC(=O)C(CC(C)(C)F)n1cc(CCN(C)C)c(C(F)(F)F)cc1=O. The lowest BCUT2D eigenvalue weighted by molar-refractivity contribution is -0.148. The lowest BCUT2D eigenvalue weighted by atomic mass is 9.99. The molecule has 1 atom stereocenters. The standard InChI is InChI=1S/C18H26F4N2O3/c1-6-27-16(26)14(10-17(2,3)19)24-11-12(7-8-23(4)5)13(9-15(24)25)18(20,21)22/h9,11,14H,6-8,10H2,1-5H3. The normalized spacial score (nSPS) is 13.7. The van der Waals surface area contributed by atoms with Crippen molar-refractivity contribution in [3.8, 4) is 0 Å². The fraction of sp³-hybridized carbons (Fsp3) is 0.667. The molecule has 9 heteroatoms. The van der Waals surface area contributed by atoms with Gasteiger partial charge in [-0.2, -0.15) is 13.2 Å². The van der Waals surface area contributed by atoms with Gasteiger partial charge in [0.05, 0.1) is 12.2 Å².